The molecule has 122 valence electrons. The van der Waals surface area contributed by atoms with Gasteiger partial charge in [-0.25, -0.2) is 4.99 Å². The molecule has 0 fully saturated rings. The van der Waals surface area contributed by atoms with Gasteiger partial charge < -0.3 is 0 Å². The zero-order valence-corrected chi connectivity index (χ0v) is 14.9. The zero-order chi connectivity index (χ0) is 17.6. The number of halogens is 1. The van der Waals surface area contributed by atoms with Crippen molar-refractivity contribution in [3.8, 4) is 6.07 Å². The van der Waals surface area contributed by atoms with Crippen molar-refractivity contribution in [1.29, 1.82) is 5.26 Å². The van der Waals surface area contributed by atoms with Crippen LogP contribution in [0.4, 0.5) is 0 Å². The molecular weight excluding hydrogens is 352 g/mol. The van der Waals surface area contributed by atoms with Crippen LogP contribution in [0.15, 0.2) is 59.1 Å². The van der Waals surface area contributed by atoms with Gasteiger partial charge in [0.1, 0.15) is 5.92 Å². The van der Waals surface area contributed by atoms with Crippen molar-refractivity contribution in [3.63, 3.8) is 0 Å². The van der Waals surface area contributed by atoms with E-state index in [2.05, 4.69) is 11.1 Å². The molecule has 0 bridgehead atoms. The maximum Gasteiger partial charge on any atom is 0.192 e. The molecule has 2 aliphatic rings. The van der Waals surface area contributed by atoms with Gasteiger partial charge in [0.2, 0.25) is 0 Å². The first kappa shape index (κ1) is 16.1. The summed E-state index contributed by atoms with van der Waals surface area (Å²) >= 11 is 7.88. The molecule has 1 aliphatic heterocycles. The number of hydrogen-bond acceptors (Lipinski definition) is 4. The lowest BCUT2D eigenvalue weighted by atomic mass is 9.78. The van der Waals surface area contributed by atoms with Crippen molar-refractivity contribution < 1.29 is 4.79 Å². The molecule has 0 spiro atoms. The average molecular weight is 365 g/mol. The monoisotopic (exact) mass is 364 g/mol. The summed E-state index contributed by atoms with van der Waals surface area (Å²) in [4.78, 5) is 17.8. The molecule has 2 aromatic rings. The van der Waals surface area contributed by atoms with Gasteiger partial charge in [0.15, 0.2) is 5.78 Å². The number of aliphatic imine (C=N–C) groups is 1. The molecular formula is C20H13ClN2OS. The minimum atomic E-state index is -0.521. The topological polar surface area (TPSA) is 53.2 Å². The van der Waals surface area contributed by atoms with Gasteiger partial charge in [0.05, 0.1) is 16.8 Å². The van der Waals surface area contributed by atoms with E-state index >= 15 is 0 Å². The number of carbonyl (C=O) groups is 1. The maximum absolute atomic E-state index is 13.1. The molecule has 25 heavy (non-hydrogen) atoms. The summed E-state index contributed by atoms with van der Waals surface area (Å²) in [6.07, 6.45) is 1.90. The number of allylic oxidation sites excluding steroid dienone is 1. The number of rotatable bonds is 1. The predicted octanol–water partition coefficient (Wildman–Crippen LogP) is 4.95. The second kappa shape index (κ2) is 6.18. The van der Waals surface area contributed by atoms with Gasteiger partial charge in [0.25, 0.3) is 0 Å². The molecule has 1 aliphatic carbocycles. The van der Waals surface area contributed by atoms with E-state index in [9.17, 15) is 10.1 Å². The van der Waals surface area contributed by atoms with Crippen LogP contribution in [0.3, 0.4) is 0 Å². The summed E-state index contributed by atoms with van der Waals surface area (Å²) in [5.74, 6) is -0.986. The Hall–Kier alpha value is -2.35. The van der Waals surface area contributed by atoms with Gasteiger partial charge in [-0.15, -0.1) is 11.8 Å². The van der Waals surface area contributed by atoms with Gasteiger partial charge in [-0.3, -0.25) is 4.79 Å². The lowest BCUT2D eigenvalue weighted by Gasteiger charge is -2.28. The number of hydrogen-bond donors (Lipinski definition) is 0. The Morgan fingerprint density at radius 2 is 1.80 bits per heavy atom. The van der Waals surface area contributed by atoms with Crippen molar-refractivity contribution in [2.24, 2.45) is 10.9 Å². The van der Waals surface area contributed by atoms with Crippen LogP contribution in [-0.2, 0) is 0 Å². The van der Waals surface area contributed by atoms with Crippen LogP contribution < -0.4 is 0 Å². The number of Topliss-reactive ketones (excluding diaryl/α,β-unsaturated/α-hetero) is 1. The fourth-order valence-corrected chi connectivity index (χ4v) is 4.43. The highest BCUT2D eigenvalue weighted by atomic mass is 35.5. The first-order valence-electron chi connectivity index (χ1n) is 7.82. The molecule has 0 saturated carbocycles. The number of nitrogens with zero attached hydrogens (tertiary/aromatic N) is 2. The summed E-state index contributed by atoms with van der Waals surface area (Å²) in [5, 5.41) is 11.1. The van der Waals surface area contributed by atoms with Crippen molar-refractivity contribution in [3.05, 3.63) is 75.8 Å². The van der Waals surface area contributed by atoms with Crippen LogP contribution >= 0.6 is 23.4 Å². The van der Waals surface area contributed by atoms with Crippen molar-refractivity contribution in [1.82, 2.24) is 0 Å². The SMILES string of the molecule is CSC1=NC2=C(C(=O)c3ccccc32)[C@@H](c2ccccc2Cl)C1C#N. The molecule has 5 heteroatoms. The first-order valence-corrected chi connectivity index (χ1v) is 9.42. The van der Waals surface area contributed by atoms with Crippen LogP contribution in [0.2, 0.25) is 5.02 Å². The Balaban J connectivity index is 2.01. The largest absolute Gasteiger partial charge is 0.289 e. The summed E-state index contributed by atoms with van der Waals surface area (Å²) in [6, 6.07) is 17.2. The highest BCUT2D eigenvalue weighted by molar-refractivity contribution is 8.13. The van der Waals surface area contributed by atoms with Gasteiger partial charge in [-0.1, -0.05) is 54.1 Å². The zero-order valence-electron chi connectivity index (χ0n) is 13.4. The lowest BCUT2D eigenvalue weighted by Crippen LogP contribution is -2.26. The van der Waals surface area contributed by atoms with E-state index in [4.69, 9.17) is 11.6 Å². The van der Waals surface area contributed by atoms with E-state index in [0.717, 1.165) is 16.2 Å². The second-order valence-corrected chi connectivity index (χ2v) is 7.13. The molecule has 0 N–H and O–H groups in total. The number of fused-ring (bicyclic) bond motifs is 2. The normalized spacial score (nSPS) is 21.5. The first-order chi connectivity index (χ1) is 12.2. The summed E-state index contributed by atoms with van der Waals surface area (Å²) in [7, 11) is 0. The molecule has 0 radical (unpaired) electrons. The van der Waals surface area contributed by atoms with E-state index in [1.807, 2.05) is 48.7 Å². The smallest absolute Gasteiger partial charge is 0.192 e. The van der Waals surface area contributed by atoms with E-state index in [-0.39, 0.29) is 5.78 Å². The van der Waals surface area contributed by atoms with Crippen molar-refractivity contribution in [2.45, 2.75) is 5.92 Å². The Labute approximate surface area is 155 Å². The summed E-state index contributed by atoms with van der Waals surface area (Å²) in [5.41, 5.74) is 3.54. The van der Waals surface area contributed by atoms with Gasteiger partial charge in [-0.05, 0) is 17.9 Å². The highest BCUT2D eigenvalue weighted by Crippen LogP contribution is 2.49. The van der Waals surface area contributed by atoms with Gasteiger partial charge in [-0.2, -0.15) is 5.26 Å². The van der Waals surface area contributed by atoms with Gasteiger partial charge >= 0.3 is 0 Å². The second-order valence-electron chi connectivity index (χ2n) is 5.90. The molecule has 0 saturated heterocycles. The number of ketones is 1. The fraction of sp³-hybridized carbons (Fsp3) is 0.150. The highest BCUT2D eigenvalue weighted by Gasteiger charge is 2.44. The number of thioether (sulfide) groups is 1. The molecule has 4 rings (SSSR count). The lowest BCUT2D eigenvalue weighted by molar-refractivity contribution is 0.103. The van der Waals surface area contributed by atoms with Crippen LogP contribution in [0.25, 0.3) is 5.70 Å². The predicted molar refractivity (Wildman–Crippen MR) is 102 cm³/mol. The standard InChI is InChI=1S/C20H13ClN2OS/c1-25-20-14(10-22)16(13-8-4-5-9-15(13)21)17-18(23-20)11-6-2-3-7-12(11)19(17)24/h2-9,14,16H,1H3/t14?,16-/m0/s1. The number of nitriles is 1. The Morgan fingerprint density at radius 1 is 1.12 bits per heavy atom. The van der Waals surface area contributed by atoms with E-state index in [0.29, 0.717) is 21.9 Å². The van der Waals surface area contributed by atoms with E-state index in [1.165, 1.54) is 11.8 Å². The van der Waals surface area contributed by atoms with Crippen molar-refractivity contribution in [2.75, 3.05) is 6.26 Å². The third-order valence-corrected chi connectivity index (χ3v) is 5.76. The fourth-order valence-electron chi connectivity index (χ4n) is 3.55. The Bertz CT molecular complexity index is 1000. The van der Waals surface area contributed by atoms with Crippen LogP contribution in [0.5, 0.6) is 0 Å². The number of carbonyl (C=O) groups excluding carboxylic acids is 1. The third kappa shape index (κ3) is 2.35. The molecule has 2 atom stereocenters. The number of benzene rings is 2. The minimum Gasteiger partial charge on any atom is -0.289 e. The molecule has 0 aromatic heterocycles. The quantitative estimate of drug-likeness (QED) is 0.719. The molecule has 3 nitrogen and oxygen atoms in total. The molecule has 0 amide bonds. The molecule has 1 heterocycles. The van der Waals surface area contributed by atoms with Crippen LogP contribution in [-0.4, -0.2) is 17.1 Å². The summed E-state index contributed by atoms with van der Waals surface area (Å²) in [6.45, 7) is 0. The van der Waals surface area contributed by atoms with E-state index in [1.54, 1.807) is 6.07 Å². The molecule has 2 aromatic carbocycles. The van der Waals surface area contributed by atoms with Crippen LogP contribution in [0, 0.1) is 17.2 Å². The minimum absolute atomic E-state index is 0.0559. The average Bonchev–Trinajstić information content (AvgIpc) is 2.93. The van der Waals surface area contributed by atoms with Crippen molar-refractivity contribution >= 4 is 39.9 Å². The third-order valence-electron chi connectivity index (χ3n) is 4.65. The van der Waals surface area contributed by atoms with E-state index < -0.39 is 11.8 Å². The maximum atomic E-state index is 13.1. The molecule has 1 unspecified atom stereocenters. The van der Waals surface area contributed by atoms with Gasteiger partial charge in [0, 0.05) is 27.6 Å². The Kier molecular flexibility index (Phi) is 3.99. The summed E-state index contributed by atoms with van der Waals surface area (Å²) < 4.78 is 0. The van der Waals surface area contributed by atoms with Crippen LogP contribution in [0.1, 0.15) is 27.4 Å². The Morgan fingerprint density at radius 3 is 2.48 bits per heavy atom.